The Morgan fingerprint density at radius 1 is 1.28 bits per heavy atom. The molecule has 4 rings (SSSR count). The smallest absolute Gasteiger partial charge is 0.260 e. The minimum atomic E-state index is -0.0784. The van der Waals surface area contributed by atoms with Crippen LogP contribution in [0.15, 0.2) is 34.4 Å². The highest BCUT2D eigenvalue weighted by Crippen LogP contribution is 2.31. The molecule has 25 heavy (non-hydrogen) atoms. The highest BCUT2D eigenvalue weighted by Gasteiger charge is 2.17. The van der Waals surface area contributed by atoms with E-state index in [9.17, 15) is 4.79 Å². The number of halogens is 1. The molecular weight excluding hydrogens is 356 g/mol. The fraction of sp³-hybridized carbons (Fsp3) is 0.333. The van der Waals surface area contributed by atoms with Crippen LogP contribution < -0.4 is 5.56 Å². The first-order valence-electron chi connectivity index (χ1n) is 8.27. The van der Waals surface area contributed by atoms with Crippen molar-refractivity contribution >= 4 is 33.2 Å². The lowest BCUT2D eigenvalue weighted by atomic mass is 10.1. The summed E-state index contributed by atoms with van der Waals surface area (Å²) in [5.41, 5.74) is 1.76. The monoisotopic (exact) mass is 374 g/mol. The van der Waals surface area contributed by atoms with Gasteiger partial charge in [-0.2, -0.15) is 0 Å². The Labute approximate surface area is 154 Å². The van der Waals surface area contributed by atoms with Gasteiger partial charge in [-0.3, -0.25) is 9.69 Å². The molecule has 5 nitrogen and oxygen atoms in total. The molecule has 7 heteroatoms. The number of likely N-dealkylation sites (N-methyl/N-ethyl adjacent to an activating group) is 1. The van der Waals surface area contributed by atoms with Crippen molar-refractivity contribution in [1.29, 1.82) is 0 Å². The van der Waals surface area contributed by atoms with Crippen LogP contribution in [0.4, 0.5) is 0 Å². The fourth-order valence-corrected chi connectivity index (χ4v) is 4.31. The molecule has 0 unspecified atom stereocenters. The molecule has 130 valence electrons. The van der Waals surface area contributed by atoms with Gasteiger partial charge < -0.3 is 9.88 Å². The van der Waals surface area contributed by atoms with Crippen LogP contribution in [0, 0.1) is 0 Å². The molecule has 1 saturated heterocycles. The molecule has 0 bridgehead atoms. The summed E-state index contributed by atoms with van der Waals surface area (Å²) in [6.07, 6.45) is 0. The third-order valence-corrected chi connectivity index (χ3v) is 5.71. The maximum atomic E-state index is 12.7. The predicted molar refractivity (Wildman–Crippen MR) is 103 cm³/mol. The van der Waals surface area contributed by atoms with Crippen molar-refractivity contribution in [3.8, 4) is 11.1 Å². The van der Waals surface area contributed by atoms with E-state index in [-0.39, 0.29) is 5.56 Å². The molecule has 3 aromatic rings. The van der Waals surface area contributed by atoms with Crippen LogP contribution in [0.3, 0.4) is 0 Å². The van der Waals surface area contributed by atoms with Gasteiger partial charge in [-0.25, -0.2) is 4.98 Å². The van der Waals surface area contributed by atoms with E-state index in [0.717, 1.165) is 48.0 Å². The Morgan fingerprint density at radius 3 is 2.84 bits per heavy atom. The normalized spacial score (nSPS) is 16.6. The van der Waals surface area contributed by atoms with E-state index in [4.69, 9.17) is 16.6 Å². The van der Waals surface area contributed by atoms with E-state index in [2.05, 4.69) is 21.8 Å². The first-order chi connectivity index (χ1) is 12.1. The summed E-state index contributed by atoms with van der Waals surface area (Å²) in [4.78, 5) is 25.8. The number of thiophene rings is 1. The zero-order valence-corrected chi connectivity index (χ0v) is 15.5. The van der Waals surface area contributed by atoms with Crippen LogP contribution in [0.2, 0.25) is 5.02 Å². The van der Waals surface area contributed by atoms with E-state index in [1.165, 1.54) is 11.3 Å². The molecule has 0 radical (unpaired) electrons. The number of H-pyrrole nitrogens is 1. The number of aromatic amines is 1. The van der Waals surface area contributed by atoms with Gasteiger partial charge in [-0.15, -0.1) is 11.3 Å². The molecule has 3 heterocycles. The molecule has 1 aromatic carbocycles. The summed E-state index contributed by atoms with van der Waals surface area (Å²) < 4.78 is 0. The van der Waals surface area contributed by atoms with Crippen molar-refractivity contribution in [2.24, 2.45) is 0 Å². The van der Waals surface area contributed by atoms with Crippen LogP contribution in [0.1, 0.15) is 5.82 Å². The molecule has 1 N–H and O–H groups in total. The van der Waals surface area contributed by atoms with E-state index in [0.29, 0.717) is 17.0 Å². The van der Waals surface area contributed by atoms with Gasteiger partial charge in [-0.05, 0) is 24.7 Å². The van der Waals surface area contributed by atoms with Gasteiger partial charge in [0.1, 0.15) is 10.7 Å². The molecule has 1 fully saturated rings. The SMILES string of the molecule is CN1CCN(Cc2nc3scc(-c4cccc(Cl)c4)c3c(=O)[nH]2)CC1. The van der Waals surface area contributed by atoms with E-state index >= 15 is 0 Å². The molecule has 1 aliphatic rings. The molecule has 0 aliphatic carbocycles. The first-order valence-corrected chi connectivity index (χ1v) is 9.53. The highest BCUT2D eigenvalue weighted by molar-refractivity contribution is 7.17. The highest BCUT2D eigenvalue weighted by atomic mass is 35.5. The average molecular weight is 375 g/mol. The Bertz CT molecular complexity index is 959. The Morgan fingerprint density at radius 2 is 2.08 bits per heavy atom. The lowest BCUT2D eigenvalue weighted by molar-refractivity contribution is 0.145. The number of benzene rings is 1. The Hall–Kier alpha value is -1.73. The topological polar surface area (TPSA) is 52.2 Å². The van der Waals surface area contributed by atoms with Crippen molar-refractivity contribution < 1.29 is 0 Å². The van der Waals surface area contributed by atoms with Gasteiger partial charge in [-0.1, -0.05) is 23.7 Å². The van der Waals surface area contributed by atoms with Gasteiger partial charge in [0.15, 0.2) is 0 Å². The van der Waals surface area contributed by atoms with Crippen LogP contribution in [0.5, 0.6) is 0 Å². The molecule has 2 aromatic heterocycles. The number of rotatable bonds is 3. The fourth-order valence-electron chi connectivity index (χ4n) is 3.15. The average Bonchev–Trinajstić information content (AvgIpc) is 3.01. The number of hydrogen-bond donors (Lipinski definition) is 1. The van der Waals surface area contributed by atoms with E-state index < -0.39 is 0 Å². The Kier molecular flexibility index (Phi) is 4.60. The first kappa shape index (κ1) is 16.7. The van der Waals surface area contributed by atoms with Crippen LogP contribution in [-0.4, -0.2) is 53.0 Å². The zero-order valence-electron chi connectivity index (χ0n) is 14.0. The number of hydrogen-bond acceptors (Lipinski definition) is 5. The summed E-state index contributed by atoms with van der Waals surface area (Å²) in [6.45, 7) is 4.77. The van der Waals surface area contributed by atoms with Gasteiger partial charge >= 0.3 is 0 Å². The van der Waals surface area contributed by atoms with Crippen LogP contribution in [-0.2, 0) is 6.54 Å². The van der Waals surface area contributed by atoms with Gasteiger partial charge in [0.2, 0.25) is 0 Å². The van der Waals surface area contributed by atoms with E-state index in [1.54, 1.807) is 0 Å². The summed E-state index contributed by atoms with van der Waals surface area (Å²) in [5.74, 6) is 0.738. The molecule has 0 atom stereocenters. The second-order valence-electron chi connectivity index (χ2n) is 6.43. The quantitative estimate of drug-likeness (QED) is 0.765. The molecular formula is C18H19ClN4OS. The minimum absolute atomic E-state index is 0.0784. The van der Waals surface area contributed by atoms with Crippen molar-refractivity contribution in [3.63, 3.8) is 0 Å². The van der Waals surface area contributed by atoms with Crippen molar-refractivity contribution in [2.45, 2.75) is 6.54 Å². The minimum Gasteiger partial charge on any atom is -0.309 e. The summed E-state index contributed by atoms with van der Waals surface area (Å²) in [7, 11) is 2.13. The number of piperazine rings is 1. The van der Waals surface area contributed by atoms with Crippen LogP contribution in [0.25, 0.3) is 21.3 Å². The zero-order chi connectivity index (χ0) is 17.4. The molecule has 0 amide bonds. The van der Waals surface area contributed by atoms with E-state index in [1.807, 2.05) is 29.6 Å². The number of nitrogens with zero attached hydrogens (tertiary/aromatic N) is 3. The van der Waals surface area contributed by atoms with Crippen LogP contribution >= 0.6 is 22.9 Å². The third kappa shape index (κ3) is 3.48. The summed E-state index contributed by atoms with van der Waals surface area (Å²) >= 11 is 7.59. The van der Waals surface area contributed by atoms with Gasteiger partial charge in [0.25, 0.3) is 5.56 Å². The largest absolute Gasteiger partial charge is 0.309 e. The molecule has 1 aliphatic heterocycles. The summed E-state index contributed by atoms with van der Waals surface area (Å²) in [5, 5.41) is 3.29. The number of aromatic nitrogens is 2. The lowest BCUT2D eigenvalue weighted by Gasteiger charge is -2.31. The summed E-state index contributed by atoms with van der Waals surface area (Å²) in [6, 6.07) is 7.56. The standard InChI is InChI=1S/C18H19ClN4OS/c1-22-5-7-23(8-6-22)10-15-20-17(24)16-14(11-25-18(16)21-15)12-3-2-4-13(19)9-12/h2-4,9,11H,5-8,10H2,1H3,(H,20,21,24). The maximum absolute atomic E-state index is 12.7. The van der Waals surface area contributed by atoms with Gasteiger partial charge in [0.05, 0.1) is 11.9 Å². The maximum Gasteiger partial charge on any atom is 0.260 e. The van der Waals surface area contributed by atoms with Crippen molar-refractivity contribution in [3.05, 3.63) is 50.8 Å². The number of nitrogens with one attached hydrogen (secondary N) is 1. The second-order valence-corrected chi connectivity index (χ2v) is 7.73. The molecule has 0 saturated carbocycles. The van der Waals surface area contributed by atoms with Gasteiger partial charge in [0, 0.05) is 42.1 Å². The lowest BCUT2D eigenvalue weighted by Crippen LogP contribution is -2.44. The predicted octanol–water partition coefficient (Wildman–Crippen LogP) is 3.05. The third-order valence-electron chi connectivity index (χ3n) is 4.60. The van der Waals surface area contributed by atoms with Crippen molar-refractivity contribution in [1.82, 2.24) is 19.8 Å². The molecule has 0 spiro atoms. The van der Waals surface area contributed by atoms with Crippen molar-refractivity contribution in [2.75, 3.05) is 33.2 Å². The second kappa shape index (κ2) is 6.88. The number of fused-ring (bicyclic) bond motifs is 1. The Balaban J connectivity index is 1.66.